The summed E-state index contributed by atoms with van der Waals surface area (Å²) in [5.41, 5.74) is 7.94. The maximum absolute atomic E-state index is 12.3. The molecule has 0 saturated heterocycles. The van der Waals surface area contributed by atoms with Crippen molar-refractivity contribution in [3.05, 3.63) is 87.8 Å². The van der Waals surface area contributed by atoms with Crippen LogP contribution >= 0.6 is 0 Å². The molecular weight excluding hydrogens is 372 g/mol. The number of nitrogens with zero attached hydrogens (tertiary/aromatic N) is 1. The first-order valence-electron chi connectivity index (χ1n) is 9.10. The van der Waals surface area contributed by atoms with Crippen molar-refractivity contribution in [2.45, 2.75) is 19.8 Å². The lowest BCUT2D eigenvalue weighted by Gasteiger charge is -2.16. The molecule has 7 nitrogen and oxygen atoms in total. The lowest BCUT2D eigenvalue weighted by atomic mass is 10.2. The highest BCUT2D eigenvalue weighted by molar-refractivity contribution is 5.28. The van der Waals surface area contributed by atoms with Crippen molar-refractivity contribution in [1.82, 2.24) is 4.73 Å². The van der Waals surface area contributed by atoms with Crippen LogP contribution in [0.4, 0.5) is 0 Å². The summed E-state index contributed by atoms with van der Waals surface area (Å²) >= 11 is 0. The molecule has 0 aliphatic rings. The Bertz CT molecular complexity index is 982. The summed E-state index contributed by atoms with van der Waals surface area (Å²) < 4.78 is 17.5. The molecule has 0 aliphatic carbocycles. The van der Waals surface area contributed by atoms with Crippen LogP contribution in [0.1, 0.15) is 16.8 Å². The zero-order chi connectivity index (χ0) is 20.6. The lowest BCUT2D eigenvalue weighted by molar-refractivity contribution is 0.0868. The van der Waals surface area contributed by atoms with Crippen LogP contribution in [-0.4, -0.2) is 19.0 Å². The predicted molar refractivity (Wildman–Crippen MR) is 109 cm³/mol. The van der Waals surface area contributed by atoms with Crippen molar-refractivity contribution >= 4 is 0 Å². The Labute approximate surface area is 169 Å². The fraction of sp³-hybridized carbons (Fsp3) is 0.227. The molecule has 2 N–H and O–H groups in total. The second kappa shape index (κ2) is 9.66. The smallest absolute Gasteiger partial charge is 0.223 e. The summed E-state index contributed by atoms with van der Waals surface area (Å²) in [4.78, 5) is 18.2. The molecule has 3 aromatic rings. The van der Waals surface area contributed by atoms with Gasteiger partial charge in [0.15, 0.2) is 5.75 Å². The highest BCUT2D eigenvalue weighted by Crippen LogP contribution is 2.15. The quantitative estimate of drug-likeness (QED) is 0.598. The van der Waals surface area contributed by atoms with Crippen molar-refractivity contribution < 1.29 is 19.0 Å². The van der Waals surface area contributed by atoms with Crippen LogP contribution in [0.3, 0.4) is 0 Å². The maximum atomic E-state index is 12.3. The molecule has 0 unspecified atom stereocenters. The average Bonchev–Trinajstić information content (AvgIpc) is 2.77. The Balaban J connectivity index is 1.71. The third-order valence-electron chi connectivity index (χ3n) is 4.35. The van der Waals surface area contributed by atoms with Gasteiger partial charge in [0.05, 0.1) is 26.1 Å². The second-order valence-electron chi connectivity index (χ2n) is 6.28. The minimum absolute atomic E-state index is 0.163. The van der Waals surface area contributed by atoms with E-state index in [-0.39, 0.29) is 24.3 Å². The minimum atomic E-state index is -0.247. The summed E-state index contributed by atoms with van der Waals surface area (Å²) in [5, 5.41) is 0. The Morgan fingerprint density at radius 3 is 1.93 bits per heavy atom. The number of hydrogen-bond donors (Lipinski definition) is 1. The van der Waals surface area contributed by atoms with Crippen LogP contribution in [0, 0.1) is 0 Å². The third kappa shape index (κ3) is 5.30. The molecule has 152 valence electrons. The van der Waals surface area contributed by atoms with Gasteiger partial charge in [-0.3, -0.25) is 4.79 Å². The van der Waals surface area contributed by atoms with Crippen LogP contribution in [0.25, 0.3) is 0 Å². The Morgan fingerprint density at radius 1 is 0.862 bits per heavy atom. The van der Waals surface area contributed by atoms with Crippen LogP contribution in [0.2, 0.25) is 0 Å². The van der Waals surface area contributed by atoms with Gasteiger partial charge in [0.25, 0.3) is 0 Å². The molecule has 0 fully saturated rings. The van der Waals surface area contributed by atoms with Crippen molar-refractivity contribution in [2.75, 3.05) is 14.2 Å². The van der Waals surface area contributed by atoms with Gasteiger partial charge in [-0.15, -0.1) is 0 Å². The van der Waals surface area contributed by atoms with Crippen molar-refractivity contribution in [2.24, 2.45) is 5.73 Å². The topological polar surface area (TPSA) is 84.9 Å². The first-order valence-corrected chi connectivity index (χ1v) is 9.10. The molecule has 2 aromatic carbocycles. The van der Waals surface area contributed by atoms with Gasteiger partial charge >= 0.3 is 0 Å². The number of aromatic nitrogens is 1. The van der Waals surface area contributed by atoms with E-state index in [9.17, 15) is 4.79 Å². The molecule has 1 aromatic heterocycles. The van der Waals surface area contributed by atoms with Crippen molar-refractivity contribution in [3.63, 3.8) is 0 Å². The van der Waals surface area contributed by atoms with Crippen LogP contribution in [0.15, 0.2) is 65.6 Å². The molecule has 0 saturated carbocycles. The molecule has 0 spiro atoms. The zero-order valence-corrected chi connectivity index (χ0v) is 16.5. The van der Waals surface area contributed by atoms with E-state index in [0.717, 1.165) is 22.6 Å². The van der Waals surface area contributed by atoms with Gasteiger partial charge in [-0.2, -0.15) is 4.73 Å². The molecule has 0 aliphatic heterocycles. The Hall–Kier alpha value is -3.45. The number of benzene rings is 2. The SMILES string of the molecule is COc1ccc(COc2cn(OCc3ccc(OC)cc3)c(CN)cc2=O)cc1. The van der Waals surface area contributed by atoms with E-state index in [0.29, 0.717) is 12.3 Å². The molecule has 0 bridgehead atoms. The predicted octanol–water partition coefficient (Wildman–Crippen LogP) is 2.53. The molecule has 0 amide bonds. The first kappa shape index (κ1) is 20.3. The maximum Gasteiger partial charge on any atom is 0.223 e. The van der Waals surface area contributed by atoms with Crippen LogP contribution < -0.4 is 30.2 Å². The van der Waals surface area contributed by atoms with E-state index < -0.39 is 0 Å². The number of hydrogen-bond acceptors (Lipinski definition) is 6. The van der Waals surface area contributed by atoms with Gasteiger partial charge < -0.3 is 24.8 Å². The van der Waals surface area contributed by atoms with Gasteiger partial charge in [-0.1, -0.05) is 24.3 Å². The summed E-state index contributed by atoms with van der Waals surface area (Å²) in [5.74, 6) is 1.72. The number of pyridine rings is 1. The molecule has 0 atom stereocenters. The van der Waals surface area contributed by atoms with Gasteiger partial charge in [-0.25, -0.2) is 0 Å². The Kier molecular flexibility index (Phi) is 6.76. The zero-order valence-electron chi connectivity index (χ0n) is 16.5. The third-order valence-corrected chi connectivity index (χ3v) is 4.35. The number of methoxy groups -OCH3 is 2. The Morgan fingerprint density at radius 2 is 1.41 bits per heavy atom. The summed E-state index contributed by atoms with van der Waals surface area (Å²) in [7, 11) is 3.23. The highest BCUT2D eigenvalue weighted by atomic mass is 16.7. The summed E-state index contributed by atoms with van der Waals surface area (Å²) in [6.07, 6.45) is 1.53. The van der Waals surface area contributed by atoms with E-state index >= 15 is 0 Å². The van der Waals surface area contributed by atoms with Gasteiger partial charge in [0, 0.05) is 12.6 Å². The summed E-state index contributed by atoms with van der Waals surface area (Å²) in [6, 6.07) is 16.4. The fourth-order valence-corrected chi connectivity index (χ4v) is 2.67. The molecular formula is C22H24N2O5. The van der Waals surface area contributed by atoms with Crippen LogP contribution in [0.5, 0.6) is 17.2 Å². The largest absolute Gasteiger partial charge is 0.497 e. The molecule has 1 heterocycles. The van der Waals surface area contributed by atoms with Gasteiger partial charge in [0.2, 0.25) is 5.43 Å². The second-order valence-corrected chi connectivity index (χ2v) is 6.28. The molecule has 0 radical (unpaired) electrons. The fourth-order valence-electron chi connectivity index (χ4n) is 2.67. The number of nitrogens with two attached hydrogens (primary N) is 1. The van der Waals surface area contributed by atoms with E-state index in [2.05, 4.69) is 0 Å². The highest BCUT2D eigenvalue weighted by Gasteiger charge is 2.09. The number of rotatable bonds is 9. The van der Waals surface area contributed by atoms with E-state index in [1.807, 2.05) is 48.5 Å². The van der Waals surface area contributed by atoms with Gasteiger partial charge in [0.1, 0.15) is 24.7 Å². The molecule has 3 rings (SSSR count). The standard InChI is InChI=1S/C22H24N2O5/c1-26-19-7-3-16(4-8-19)14-28-22-13-24(18(12-23)11-21(22)25)29-15-17-5-9-20(27-2)10-6-17/h3-11,13H,12,14-15,23H2,1-2H3. The normalized spacial score (nSPS) is 10.4. The monoisotopic (exact) mass is 396 g/mol. The first-order chi connectivity index (χ1) is 14.1. The van der Waals surface area contributed by atoms with Crippen molar-refractivity contribution in [3.8, 4) is 17.2 Å². The average molecular weight is 396 g/mol. The van der Waals surface area contributed by atoms with E-state index in [1.165, 1.54) is 17.0 Å². The van der Waals surface area contributed by atoms with E-state index in [1.54, 1.807) is 14.2 Å². The minimum Gasteiger partial charge on any atom is -0.497 e. The van der Waals surface area contributed by atoms with Gasteiger partial charge in [-0.05, 0) is 35.4 Å². The number of ether oxygens (including phenoxy) is 3. The summed E-state index contributed by atoms with van der Waals surface area (Å²) in [6.45, 7) is 0.716. The van der Waals surface area contributed by atoms with E-state index in [4.69, 9.17) is 24.8 Å². The van der Waals surface area contributed by atoms with Crippen LogP contribution in [-0.2, 0) is 19.8 Å². The molecule has 7 heteroatoms. The molecule has 29 heavy (non-hydrogen) atoms. The van der Waals surface area contributed by atoms with Crippen molar-refractivity contribution in [1.29, 1.82) is 0 Å². The lowest BCUT2D eigenvalue weighted by Crippen LogP contribution is -2.22.